The molecule has 9 nitrogen and oxygen atoms in total. The van der Waals surface area contributed by atoms with E-state index in [0.29, 0.717) is 6.42 Å². The van der Waals surface area contributed by atoms with Crippen LogP contribution in [-0.2, 0) is 28.7 Å². The van der Waals surface area contributed by atoms with Crippen molar-refractivity contribution in [1.29, 1.82) is 0 Å². The quantitative estimate of drug-likeness (QED) is 0.211. The molecule has 4 atom stereocenters. The highest BCUT2D eigenvalue weighted by atomic mass is 33.1. The SMILES string of the molecule is C/C=C1\NC(=O)[C@H]2CSSCC/C=C/C(CC(=O)C[C@H](C(C)C)C(=O)N2)OC(=O)[C@H](C(C)C)NC1=O. The Morgan fingerprint density at radius 1 is 0.972 bits per heavy atom. The summed E-state index contributed by atoms with van der Waals surface area (Å²) in [6.07, 6.45) is 4.75. The molecule has 2 heterocycles. The van der Waals surface area contributed by atoms with Crippen LogP contribution in [0.3, 0.4) is 0 Å². The summed E-state index contributed by atoms with van der Waals surface area (Å²) < 4.78 is 5.69. The Labute approximate surface area is 220 Å². The molecule has 11 heteroatoms. The van der Waals surface area contributed by atoms with E-state index >= 15 is 0 Å². The Hall–Kier alpha value is -2.27. The number of Topliss-reactive ketones (excluding diaryl/α,β-unsaturated/α-hetero) is 1. The number of rotatable bonds is 2. The molecule has 36 heavy (non-hydrogen) atoms. The van der Waals surface area contributed by atoms with Crippen molar-refractivity contribution in [2.75, 3.05) is 11.5 Å². The second-order valence-corrected chi connectivity index (χ2v) is 12.2. The molecule has 0 spiro atoms. The third kappa shape index (κ3) is 8.99. The van der Waals surface area contributed by atoms with Crippen LogP contribution in [-0.4, -0.2) is 59.2 Å². The van der Waals surface area contributed by atoms with Gasteiger partial charge in [-0.1, -0.05) is 61.4 Å². The lowest BCUT2D eigenvalue weighted by Crippen LogP contribution is -2.53. The van der Waals surface area contributed by atoms with Crippen LogP contribution in [0.1, 0.15) is 53.9 Å². The minimum atomic E-state index is -0.982. The minimum Gasteiger partial charge on any atom is -0.456 e. The summed E-state index contributed by atoms with van der Waals surface area (Å²) in [5.41, 5.74) is -0.0289. The van der Waals surface area contributed by atoms with Crippen LogP contribution in [0.25, 0.3) is 0 Å². The minimum absolute atomic E-state index is 0.0289. The summed E-state index contributed by atoms with van der Waals surface area (Å²) in [6, 6.07) is -1.90. The lowest BCUT2D eigenvalue weighted by atomic mass is 9.88. The molecule has 2 aliphatic heterocycles. The zero-order valence-electron chi connectivity index (χ0n) is 21.5. The molecule has 3 N–H and O–H groups in total. The number of carbonyl (C=O) groups excluding carboxylic acids is 5. The maximum atomic E-state index is 13.2. The number of carbonyl (C=O) groups is 5. The van der Waals surface area contributed by atoms with E-state index in [2.05, 4.69) is 16.0 Å². The van der Waals surface area contributed by atoms with Crippen LogP contribution in [0.4, 0.5) is 0 Å². The maximum Gasteiger partial charge on any atom is 0.329 e. The van der Waals surface area contributed by atoms with Crippen LogP contribution in [0.15, 0.2) is 23.9 Å². The molecule has 0 aromatic rings. The van der Waals surface area contributed by atoms with Gasteiger partial charge in [0.15, 0.2) is 0 Å². The normalized spacial score (nSPS) is 29.9. The fourth-order valence-electron chi connectivity index (χ4n) is 3.75. The van der Waals surface area contributed by atoms with Crippen molar-refractivity contribution < 1.29 is 28.7 Å². The van der Waals surface area contributed by atoms with Crippen LogP contribution in [0, 0.1) is 17.8 Å². The summed E-state index contributed by atoms with van der Waals surface area (Å²) in [5.74, 6) is -2.60. The lowest BCUT2D eigenvalue weighted by Gasteiger charge is -2.27. The standard InChI is InChI=1S/C25H37N3O6S2/c1-6-19-23(31)28-21(15(4)5)25(33)34-17-9-7-8-10-35-36-13-20(24(32)26-19)27-22(30)18(14(2)3)12-16(29)11-17/h6-7,9,14-15,17-18,20-21H,8,10-13H2,1-5H3,(H,26,32)(H,27,30)(H,28,31)/b9-7+,19-6-/t17?,18-,20-,21+/m1/s1. The molecule has 3 amide bonds. The fraction of sp³-hybridized carbons (Fsp3) is 0.640. The van der Waals surface area contributed by atoms with E-state index in [9.17, 15) is 24.0 Å². The lowest BCUT2D eigenvalue weighted by molar-refractivity contribution is -0.153. The first-order chi connectivity index (χ1) is 17.0. The van der Waals surface area contributed by atoms with E-state index in [4.69, 9.17) is 4.74 Å². The Balaban J connectivity index is 2.55. The second kappa shape index (κ2) is 14.5. The second-order valence-electron chi connectivity index (χ2n) is 9.54. The van der Waals surface area contributed by atoms with Gasteiger partial charge in [-0.05, 0) is 31.3 Å². The van der Waals surface area contributed by atoms with Crippen LogP contribution >= 0.6 is 21.6 Å². The van der Waals surface area contributed by atoms with E-state index in [1.165, 1.54) is 16.9 Å². The number of hydrogen-bond acceptors (Lipinski definition) is 8. The molecule has 0 aromatic carbocycles. The molecule has 0 radical (unpaired) electrons. The molecule has 200 valence electrons. The number of allylic oxidation sites excluding steroid dienone is 2. The average Bonchev–Trinajstić information content (AvgIpc) is 2.81. The summed E-state index contributed by atoms with van der Waals surface area (Å²) in [7, 11) is 2.98. The first-order valence-electron chi connectivity index (χ1n) is 12.2. The van der Waals surface area contributed by atoms with Gasteiger partial charge in [-0.25, -0.2) is 4.79 Å². The molecule has 1 fully saturated rings. The Bertz CT molecular complexity index is 902. The van der Waals surface area contributed by atoms with Crippen molar-refractivity contribution in [2.45, 2.75) is 72.1 Å². The smallest absolute Gasteiger partial charge is 0.329 e. The number of ether oxygens (including phenoxy) is 1. The number of fused-ring (bicyclic) bond motifs is 7. The van der Waals surface area contributed by atoms with Gasteiger partial charge in [-0.2, -0.15) is 0 Å². The first kappa shape index (κ1) is 30.0. The maximum absolute atomic E-state index is 13.2. The Morgan fingerprint density at radius 2 is 1.69 bits per heavy atom. The highest BCUT2D eigenvalue weighted by Crippen LogP contribution is 2.25. The van der Waals surface area contributed by atoms with Gasteiger partial charge in [-0.15, -0.1) is 0 Å². The van der Waals surface area contributed by atoms with Gasteiger partial charge in [0.1, 0.15) is 29.7 Å². The highest BCUT2D eigenvalue weighted by Gasteiger charge is 2.33. The van der Waals surface area contributed by atoms with Gasteiger partial charge in [0.2, 0.25) is 11.8 Å². The van der Waals surface area contributed by atoms with Gasteiger partial charge in [0, 0.05) is 30.3 Å². The number of hydrogen-bond donors (Lipinski definition) is 3. The van der Waals surface area contributed by atoms with Crippen molar-refractivity contribution >= 4 is 51.1 Å². The van der Waals surface area contributed by atoms with Gasteiger partial charge in [0.25, 0.3) is 5.91 Å². The topological polar surface area (TPSA) is 131 Å². The van der Waals surface area contributed by atoms with Crippen LogP contribution < -0.4 is 16.0 Å². The molecule has 2 bridgehead atoms. The zero-order valence-corrected chi connectivity index (χ0v) is 23.1. The molecule has 0 saturated carbocycles. The molecule has 0 aromatic heterocycles. The molecular formula is C25H37N3O6S2. The molecule has 0 aliphatic carbocycles. The fourth-order valence-corrected chi connectivity index (χ4v) is 5.91. The van der Waals surface area contributed by atoms with E-state index in [0.717, 1.165) is 5.75 Å². The number of esters is 1. The van der Waals surface area contributed by atoms with E-state index in [1.54, 1.807) is 37.6 Å². The van der Waals surface area contributed by atoms with Gasteiger partial charge in [-0.3, -0.25) is 19.2 Å². The number of nitrogens with one attached hydrogen (secondary N) is 3. The largest absolute Gasteiger partial charge is 0.456 e. The molecule has 2 aliphatic rings. The summed E-state index contributed by atoms with van der Waals surface area (Å²) in [4.78, 5) is 65.4. The summed E-state index contributed by atoms with van der Waals surface area (Å²) in [5, 5.41) is 8.05. The molecule has 1 unspecified atom stereocenters. The van der Waals surface area contributed by atoms with Crippen LogP contribution in [0.2, 0.25) is 0 Å². The van der Waals surface area contributed by atoms with Gasteiger partial charge in [0.05, 0.1) is 0 Å². The van der Waals surface area contributed by atoms with E-state index in [-0.39, 0.29) is 41.9 Å². The molecular weight excluding hydrogens is 502 g/mol. The van der Waals surface area contributed by atoms with Crippen molar-refractivity contribution in [3.05, 3.63) is 23.9 Å². The van der Waals surface area contributed by atoms with E-state index in [1.807, 2.05) is 19.9 Å². The van der Waals surface area contributed by atoms with Gasteiger partial charge < -0.3 is 20.7 Å². The average molecular weight is 540 g/mol. The van der Waals surface area contributed by atoms with Crippen molar-refractivity contribution in [2.24, 2.45) is 17.8 Å². The predicted molar refractivity (Wildman–Crippen MR) is 142 cm³/mol. The Morgan fingerprint density at radius 3 is 2.33 bits per heavy atom. The third-order valence-electron chi connectivity index (χ3n) is 5.95. The number of amides is 3. The first-order valence-corrected chi connectivity index (χ1v) is 14.7. The predicted octanol–water partition coefficient (Wildman–Crippen LogP) is 2.52. The summed E-state index contributed by atoms with van der Waals surface area (Å²) in [6.45, 7) is 8.82. The van der Waals surface area contributed by atoms with Crippen molar-refractivity contribution in [3.8, 4) is 0 Å². The third-order valence-corrected chi connectivity index (χ3v) is 8.40. The Kier molecular flexibility index (Phi) is 12.0. The molecule has 2 rings (SSSR count). The zero-order chi connectivity index (χ0) is 26.8. The highest BCUT2D eigenvalue weighted by molar-refractivity contribution is 8.76. The molecule has 1 saturated heterocycles. The monoisotopic (exact) mass is 539 g/mol. The summed E-state index contributed by atoms with van der Waals surface area (Å²) >= 11 is 0. The van der Waals surface area contributed by atoms with E-state index < -0.39 is 47.8 Å². The number of ketones is 1. The van der Waals surface area contributed by atoms with Crippen LogP contribution in [0.5, 0.6) is 0 Å². The van der Waals surface area contributed by atoms with Gasteiger partial charge >= 0.3 is 5.97 Å². The van der Waals surface area contributed by atoms with Crippen molar-refractivity contribution in [1.82, 2.24) is 16.0 Å². The van der Waals surface area contributed by atoms with Crippen molar-refractivity contribution in [3.63, 3.8) is 0 Å².